The van der Waals surface area contributed by atoms with Crippen LogP contribution in [0.5, 0.6) is 0 Å². The van der Waals surface area contributed by atoms with Crippen LogP contribution in [0.15, 0.2) is 28.8 Å². The average Bonchev–Trinajstić information content (AvgIpc) is 3.26. The lowest BCUT2D eigenvalue weighted by molar-refractivity contribution is 0.110. The molecule has 1 aliphatic rings. The smallest absolute Gasteiger partial charge is 0.241 e. The first-order chi connectivity index (χ1) is 12.7. The van der Waals surface area contributed by atoms with Gasteiger partial charge in [-0.3, -0.25) is 9.80 Å². The van der Waals surface area contributed by atoms with Crippen molar-refractivity contribution in [2.24, 2.45) is 7.05 Å². The van der Waals surface area contributed by atoms with Gasteiger partial charge in [-0.15, -0.1) is 10.2 Å². The minimum Gasteiger partial charge on any atom is -0.338 e. The third kappa shape index (κ3) is 4.06. The van der Waals surface area contributed by atoms with Crippen molar-refractivity contribution in [2.45, 2.75) is 13.1 Å². The van der Waals surface area contributed by atoms with Gasteiger partial charge in [-0.05, 0) is 29.5 Å². The Hall–Kier alpha value is -2.36. The molecule has 0 spiro atoms. The summed E-state index contributed by atoms with van der Waals surface area (Å²) in [5.74, 6) is 1.97. The zero-order valence-electron chi connectivity index (χ0n) is 14.4. The minimum absolute atomic E-state index is 0.587. The third-order valence-electron chi connectivity index (χ3n) is 4.31. The van der Waals surface area contributed by atoms with E-state index in [1.54, 1.807) is 7.05 Å². The van der Waals surface area contributed by atoms with Crippen LogP contribution in [0.4, 0.5) is 0 Å². The van der Waals surface area contributed by atoms with Gasteiger partial charge < -0.3 is 4.52 Å². The summed E-state index contributed by atoms with van der Waals surface area (Å²) in [6, 6.07) is 7.41. The number of tetrazole rings is 1. The van der Waals surface area contributed by atoms with Gasteiger partial charge in [0.1, 0.15) is 0 Å². The van der Waals surface area contributed by atoms with Gasteiger partial charge in [-0.1, -0.05) is 16.8 Å². The normalized spacial score (nSPS) is 16.2. The predicted octanol–water partition coefficient (Wildman–Crippen LogP) is 1.23. The quantitative estimate of drug-likeness (QED) is 0.658. The lowest BCUT2D eigenvalue weighted by Gasteiger charge is -2.33. The molecule has 0 atom stereocenters. The van der Waals surface area contributed by atoms with Crippen molar-refractivity contribution in [3.05, 3.63) is 41.0 Å². The topological polar surface area (TPSA) is 89.0 Å². The zero-order valence-corrected chi connectivity index (χ0v) is 15.2. The summed E-state index contributed by atoms with van der Waals surface area (Å²) < 4.78 is 5.40. The second kappa shape index (κ2) is 7.48. The van der Waals surface area contributed by atoms with Crippen molar-refractivity contribution >= 4 is 11.6 Å². The van der Waals surface area contributed by atoms with Crippen LogP contribution in [0.2, 0.25) is 5.02 Å². The summed E-state index contributed by atoms with van der Waals surface area (Å²) >= 11 is 5.91. The summed E-state index contributed by atoms with van der Waals surface area (Å²) in [7, 11) is 1.77. The van der Waals surface area contributed by atoms with Crippen molar-refractivity contribution in [3.8, 4) is 11.4 Å². The fourth-order valence-corrected chi connectivity index (χ4v) is 3.04. The average molecular weight is 375 g/mol. The molecule has 9 nitrogen and oxygen atoms in total. The van der Waals surface area contributed by atoms with Crippen molar-refractivity contribution in [1.29, 1.82) is 0 Å². The Balaban J connectivity index is 1.30. The van der Waals surface area contributed by atoms with Crippen LogP contribution in [0, 0.1) is 0 Å². The van der Waals surface area contributed by atoms with Crippen LogP contribution in [0.1, 0.15) is 11.7 Å². The maximum atomic E-state index is 5.91. The number of halogens is 1. The van der Waals surface area contributed by atoms with Crippen molar-refractivity contribution in [2.75, 3.05) is 26.2 Å². The molecule has 0 unspecified atom stereocenters. The summed E-state index contributed by atoms with van der Waals surface area (Å²) in [6.45, 7) is 5.12. The fourth-order valence-electron chi connectivity index (χ4n) is 2.92. The molecule has 0 saturated carbocycles. The molecular weight excluding hydrogens is 356 g/mol. The molecule has 0 aliphatic carbocycles. The van der Waals surface area contributed by atoms with Gasteiger partial charge in [-0.25, -0.2) is 0 Å². The Morgan fingerprint density at radius 3 is 2.38 bits per heavy atom. The van der Waals surface area contributed by atoms with Crippen LogP contribution >= 0.6 is 11.6 Å². The van der Waals surface area contributed by atoms with E-state index in [0.29, 0.717) is 23.3 Å². The molecule has 2 aromatic heterocycles. The van der Waals surface area contributed by atoms with Crippen molar-refractivity contribution < 1.29 is 4.52 Å². The molecule has 4 rings (SSSR count). The maximum Gasteiger partial charge on any atom is 0.241 e. The van der Waals surface area contributed by atoms with E-state index in [1.807, 2.05) is 24.3 Å². The first-order valence-electron chi connectivity index (χ1n) is 8.42. The second-order valence-electron chi connectivity index (χ2n) is 6.27. The van der Waals surface area contributed by atoms with Crippen molar-refractivity contribution in [1.82, 2.24) is 40.1 Å². The van der Waals surface area contributed by atoms with Crippen molar-refractivity contribution in [3.63, 3.8) is 0 Å². The third-order valence-corrected chi connectivity index (χ3v) is 4.56. The molecule has 0 N–H and O–H groups in total. The van der Waals surface area contributed by atoms with Gasteiger partial charge in [0, 0.05) is 36.8 Å². The van der Waals surface area contributed by atoms with E-state index in [2.05, 4.69) is 35.4 Å². The molecule has 10 heteroatoms. The Morgan fingerprint density at radius 2 is 1.73 bits per heavy atom. The van der Waals surface area contributed by atoms with Crippen LogP contribution in [-0.4, -0.2) is 66.3 Å². The van der Waals surface area contributed by atoms with Gasteiger partial charge in [0.05, 0.1) is 20.1 Å². The summed E-state index contributed by atoms with van der Waals surface area (Å²) in [4.78, 5) is 10.6. The Labute approximate surface area is 155 Å². The molecule has 1 saturated heterocycles. The molecule has 0 radical (unpaired) electrons. The maximum absolute atomic E-state index is 5.91. The fraction of sp³-hybridized carbons (Fsp3) is 0.438. The number of aryl methyl sites for hydroxylation is 1. The van der Waals surface area contributed by atoms with Crippen LogP contribution in [-0.2, 0) is 20.1 Å². The van der Waals surface area contributed by atoms with E-state index in [9.17, 15) is 0 Å². The number of nitrogens with zero attached hydrogens (tertiary/aromatic N) is 8. The predicted molar refractivity (Wildman–Crippen MR) is 94.1 cm³/mol. The molecule has 0 amide bonds. The van der Waals surface area contributed by atoms with Crippen LogP contribution in [0.3, 0.4) is 0 Å². The molecule has 136 valence electrons. The summed E-state index contributed by atoms with van der Waals surface area (Å²) in [6.07, 6.45) is 0. The lowest BCUT2D eigenvalue weighted by atomic mass is 10.2. The van der Waals surface area contributed by atoms with E-state index in [4.69, 9.17) is 16.1 Å². The standard InChI is InChI=1S/C16H19ClN8O/c1-23-20-14(19-22-23)10-24-6-8-25(9-7-24)11-15-18-16(21-26-15)12-2-4-13(17)5-3-12/h2-5H,6-11H2,1H3. The minimum atomic E-state index is 0.587. The number of rotatable bonds is 5. The zero-order chi connectivity index (χ0) is 17.9. The Bertz CT molecular complexity index is 853. The van der Waals surface area contributed by atoms with Gasteiger partial charge in [0.25, 0.3) is 0 Å². The highest BCUT2D eigenvalue weighted by molar-refractivity contribution is 6.30. The van der Waals surface area contributed by atoms with Gasteiger partial charge >= 0.3 is 0 Å². The van der Waals surface area contributed by atoms with E-state index >= 15 is 0 Å². The van der Waals surface area contributed by atoms with Crippen LogP contribution < -0.4 is 0 Å². The number of piperazine rings is 1. The molecule has 1 aromatic carbocycles. The molecule has 0 bridgehead atoms. The molecule has 26 heavy (non-hydrogen) atoms. The Kier molecular flexibility index (Phi) is 4.91. The first kappa shape index (κ1) is 17.1. The summed E-state index contributed by atoms with van der Waals surface area (Å²) in [5, 5.41) is 16.9. The monoisotopic (exact) mass is 374 g/mol. The largest absolute Gasteiger partial charge is 0.338 e. The molecule has 1 fully saturated rings. The molecule has 3 aromatic rings. The number of hydrogen-bond acceptors (Lipinski definition) is 8. The SMILES string of the molecule is Cn1nnc(CN2CCN(Cc3nc(-c4ccc(Cl)cc4)no3)CC2)n1. The highest BCUT2D eigenvalue weighted by atomic mass is 35.5. The van der Waals surface area contributed by atoms with Gasteiger partial charge in [-0.2, -0.15) is 9.78 Å². The lowest BCUT2D eigenvalue weighted by Crippen LogP contribution is -2.45. The van der Waals surface area contributed by atoms with E-state index in [0.717, 1.165) is 44.1 Å². The van der Waals surface area contributed by atoms with E-state index in [-0.39, 0.29) is 0 Å². The van der Waals surface area contributed by atoms with E-state index < -0.39 is 0 Å². The highest BCUT2D eigenvalue weighted by Gasteiger charge is 2.20. The summed E-state index contributed by atoms with van der Waals surface area (Å²) in [5.41, 5.74) is 0.894. The Morgan fingerprint density at radius 1 is 1.04 bits per heavy atom. The molecule has 1 aliphatic heterocycles. The second-order valence-corrected chi connectivity index (χ2v) is 6.70. The van der Waals surface area contributed by atoms with Crippen LogP contribution in [0.25, 0.3) is 11.4 Å². The van der Waals surface area contributed by atoms with E-state index in [1.165, 1.54) is 4.80 Å². The molecule has 3 heterocycles. The molecular formula is C16H19ClN8O. The highest BCUT2D eigenvalue weighted by Crippen LogP contribution is 2.19. The number of hydrogen-bond donors (Lipinski definition) is 0. The van der Waals surface area contributed by atoms with Gasteiger partial charge in [0.15, 0.2) is 5.82 Å². The number of aromatic nitrogens is 6. The first-order valence-corrected chi connectivity index (χ1v) is 8.79. The number of benzene rings is 1. The van der Waals surface area contributed by atoms with Gasteiger partial charge in [0.2, 0.25) is 11.7 Å².